The van der Waals surface area contributed by atoms with Gasteiger partial charge in [-0.1, -0.05) is 0 Å². The molecule has 0 aliphatic carbocycles. The van der Waals surface area contributed by atoms with Crippen molar-refractivity contribution in [2.75, 3.05) is 0 Å². The van der Waals surface area contributed by atoms with Crippen molar-refractivity contribution in [1.82, 2.24) is 5.32 Å². The molecule has 1 rings (SSSR count). The molecule has 0 saturated carbocycles. The lowest BCUT2D eigenvalue weighted by Crippen LogP contribution is -2.42. The van der Waals surface area contributed by atoms with Gasteiger partial charge in [0.05, 0.1) is 12.0 Å². The zero-order chi connectivity index (χ0) is 15.4. The fraction of sp³-hybridized carbons (Fsp3) is 0.182. The highest BCUT2D eigenvalue weighted by Gasteiger charge is 2.25. The monoisotopic (exact) mass is 615 g/mol. The maximum Gasteiger partial charge on any atom is 0.326 e. The van der Waals surface area contributed by atoms with E-state index >= 15 is 0 Å². The van der Waals surface area contributed by atoms with Gasteiger partial charge < -0.3 is 15.5 Å². The van der Waals surface area contributed by atoms with E-state index in [1.807, 2.05) is 51.2 Å². The van der Waals surface area contributed by atoms with Crippen LogP contribution in [-0.2, 0) is 9.59 Å². The van der Waals surface area contributed by atoms with Gasteiger partial charge in [-0.15, -0.1) is 0 Å². The molecule has 1 aromatic carbocycles. The lowest BCUT2D eigenvalue weighted by molar-refractivity contribution is -0.145. The number of rotatable bonds is 5. The molecular formula is C11H8I3NO5. The van der Waals surface area contributed by atoms with Crippen molar-refractivity contribution < 1.29 is 24.6 Å². The normalized spacial score (nSPS) is 11.8. The van der Waals surface area contributed by atoms with Gasteiger partial charge in [-0.3, -0.25) is 9.59 Å². The van der Waals surface area contributed by atoms with Crippen LogP contribution >= 0.6 is 67.8 Å². The summed E-state index contributed by atoms with van der Waals surface area (Å²) < 4.78 is 2.40. The molecule has 0 saturated heterocycles. The summed E-state index contributed by atoms with van der Waals surface area (Å²) in [5, 5.41) is 19.8. The van der Waals surface area contributed by atoms with Crippen LogP contribution in [0.5, 0.6) is 0 Å². The molecule has 0 aromatic heterocycles. The van der Waals surface area contributed by atoms with Crippen molar-refractivity contribution in [3.8, 4) is 0 Å². The predicted molar refractivity (Wildman–Crippen MR) is 95.7 cm³/mol. The van der Waals surface area contributed by atoms with Crippen LogP contribution in [0.2, 0.25) is 0 Å². The van der Waals surface area contributed by atoms with Crippen LogP contribution in [0.1, 0.15) is 16.8 Å². The van der Waals surface area contributed by atoms with E-state index in [-0.39, 0.29) is 0 Å². The quantitative estimate of drug-likeness (QED) is 0.349. The van der Waals surface area contributed by atoms with Gasteiger partial charge >= 0.3 is 11.9 Å². The number of carbonyl (C=O) groups is 3. The van der Waals surface area contributed by atoms with Gasteiger partial charge in [0, 0.05) is 10.7 Å². The summed E-state index contributed by atoms with van der Waals surface area (Å²) in [4.78, 5) is 33.6. The Morgan fingerprint density at radius 1 is 1.15 bits per heavy atom. The number of benzene rings is 1. The van der Waals surface area contributed by atoms with Crippen molar-refractivity contribution in [2.24, 2.45) is 0 Å². The van der Waals surface area contributed by atoms with Crippen LogP contribution in [0.3, 0.4) is 0 Å². The Balaban J connectivity index is 3.00. The molecule has 1 amide bonds. The topological polar surface area (TPSA) is 104 Å². The molecule has 3 N–H and O–H groups in total. The lowest BCUT2D eigenvalue weighted by Gasteiger charge is -2.14. The molecule has 0 heterocycles. The number of hydrogen-bond donors (Lipinski definition) is 3. The SMILES string of the molecule is O=C(O)C[C@H](NC(=O)c1cc(I)cc(I)c1I)C(=O)O. The molecule has 1 aromatic rings. The summed E-state index contributed by atoms with van der Waals surface area (Å²) in [5.41, 5.74) is 0.332. The summed E-state index contributed by atoms with van der Waals surface area (Å²) >= 11 is 6.11. The second-order valence-corrected chi connectivity index (χ2v) is 7.20. The standard InChI is InChI=1S/C11H8I3NO5/c12-4-1-5(9(14)6(13)2-4)10(18)15-7(11(19)20)3-8(16)17/h1-2,7H,3H2,(H,15,18)(H,16,17)(H,19,20)/t7-/m0/s1. The Hall–Kier alpha value is -0.180. The number of amides is 1. The summed E-state index contributed by atoms with van der Waals surface area (Å²) in [6.07, 6.45) is -0.668. The summed E-state index contributed by atoms with van der Waals surface area (Å²) in [5.74, 6) is -3.26. The third-order valence-corrected chi connectivity index (χ3v) is 5.89. The van der Waals surface area contributed by atoms with Crippen LogP contribution in [-0.4, -0.2) is 34.1 Å². The minimum absolute atomic E-state index is 0.332. The Bertz CT molecular complexity index is 575. The molecule has 9 heteroatoms. The lowest BCUT2D eigenvalue weighted by atomic mass is 10.1. The highest BCUT2D eigenvalue weighted by molar-refractivity contribution is 14.1. The third kappa shape index (κ3) is 4.98. The molecule has 20 heavy (non-hydrogen) atoms. The first-order valence-electron chi connectivity index (χ1n) is 5.12. The Labute approximate surface area is 155 Å². The van der Waals surface area contributed by atoms with Crippen molar-refractivity contribution in [2.45, 2.75) is 12.5 Å². The maximum absolute atomic E-state index is 12.1. The summed E-state index contributed by atoms with van der Waals surface area (Å²) in [7, 11) is 0. The molecule has 0 aliphatic heterocycles. The number of hydrogen-bond acceptors (Lipinski definition) is 3. The molecule has 6 nitrogen and oxygen atoms in total. The first-order chi connectivity index (χ1) is 9.22. The molecule has 0 unspecified atom stereocenters. The molecule has 0 bridgehead atoms. The highest BCUT2D eigenvalue weighted by atomic mass is 127. The number of carboxylic acids is 2. The molecule has 1 atom stereocenters. The molecule has 0 fully saturated rings. The summed E-state index contributed by atoms with van der Waals surface area (Å²) in [6, 6.07) is 2.05. The van der Waals surface area contributed by atoms with Crippen LogP contribution in [0, 0.1) is 10.7 Å². The van der Waals surface area contributed by atoms with Gasteiger partial charge in [0.2, 0.25) is 0 Å². The molecule has 108 valence electrons. The zero-order valence-corrected chi connectivity index (χ0v) is 16.2. The fourth-order valence-corrected chi connectivity index (χ4v) is 3.73. The van der Waals surface area contributed by atoms with E-state index < -0.39 is 30.3 Å². The highest BCUT2D eigenvalue weighted by Crippen LogP contribution is 2.23. The first kappa shape index (κ1) is 17.9. The minimum atomic E-state index is -1.45. The average Bonchev–Trinajstić information content (AvgIpc) is 2.32. The maximum atomic E-state index is 12.1. The number of carbonyl (C=O) groups excluding carboxylic acids is 1. The van der Waals surface area contributed by atoms with Crippen LogP contribution < -0.4 is 5.32 Å². The largest absolute Gasteiger partial charge is 0.481 e. The van der Waals surface area contributed by atoms with Gasteiger partial charge in [0.25, 0.3) is 5.91 Å². The Morgan fingerprint density at radius 3 is 2.25 bits per heavy atom. The van der Waals surface area contributed by atoms with Crippen LogP contribution in [0.25, 0.3) is 0 Å². The van der Waals surface area contributed by atoms with Crippen LogP contribution in [0.4, 0.5) is 0 Å². The second-order valence-electron chi connectivity index (χ2n) is 3.71. The first-order valence-corrected chi connectivity index (χ1v) is 8.36. The number of aliphatic carboxylic acids is 2. The number of halogens is 3. The van der Waals surface area contributed by atoms with Crippen molar-refractivity contribution in [1.29, 1.82) is 0 Å². The van der Waals surface area contributed by atoms with Crippen molar-refractivity contribution in [3.63, 3.8) is 0 Å². The predicted octanol–water partition coefficient (Wildman–Crippen LogP) is 2.16. The Kier molecular flexibility index (Phi) is 6.90. The molecule has 0 aliphatic rings. The van der Waals surface area contributed by atoms with Gasteiger partial charge in [-0.05, 0) is 79.9 Å². The fourth-order valence-electron chi connectivity index (χ4n) is 1.33. The van der Waals surface area contributed by atoms with E-state index in [1.165, 1.54) is 0 Å². The van der Waals surface area contributed by atoms with Gasteiger partial charge in [0.15, 0.2) is 0 Å². The number of nitrogens with one attached hydrogen (secondary N) is 1. The minimum Gasteiger partial charge on any atom is -0.481 e. The average molecular weight is 615 g/mol. The smallest absolute Gasteiger partial charge is 0.326 e. The van der Waals surface area contributed by atoms with E-state index in [1.54, 1.807) is 6.07 Å². The molecule has 0 radical (unpaired) electrons. The van der Waals surface area contributed by atoms with E-state index in [2.05, 4.69) is 27.9 Å². The summed E-state index contributed by atoms with van der Waals surface area (Å²) in [6.45, 7) is 0. The Morgan fingerprint density at radius 2 is 1.75 bits per heavy atom. The van der Waals surface area contributed by atoms with Gasteiger partial charge in [-0.2, -0.15) is 0 Å². The van der Waals surface area contributed by atoms with Crippen molar-refractivity contribution >= 4 is 85.6 Å². The molecule has 0 spiro atoms. The molecular weight excluding hydrogens is 607 g/mol. The van der Waals surface area contributed by atoms with Gasteiger partial charge in [-0.25, -0.2) is 4.79 Å². The zero-order valence-electron chi connectivity index (χ0n) is 9.69. The third-order valence-electron chi connectivity index (χ3n) is 2.22. The van der Waals surface area contributed by atoms with Gasteiger partial charge in [0.1, 0.15) is 6.04 Å². The van der Waals surface area contributed by atoms with Crippen LogP contribution in [0.15, 0.2) is 12.1 Å². The van der Waals surface area contributed by atoms with E-state index in [0.717, 1.165) is 7.14 Å². The van der Waals surface area contributed by atoms with Crippen molar-refractivity contribution in [3.05, 3.63) is 28.4 Å². The van der Waals surface area contributed by atoms with E-state index in [9.17, 15) is 14.4 Å². The van der Waals surface area contributed by atoms with E-state index in [4.69, 9.17) is 10.2 Å². The number of carboxylic acid groups (broad SMARTS) is 2. The second kappa shape index (κ2) is 7.72. The van der Waals surface area contributed by atoms with E-state index in [0.29, 0.717) is 9.13 Å².